The van der Waals surface area contributed by atoms with Gasteiger partial charge < -0.3 is 15.4 Å². The molecule has 0 aliphatic rings. The van der Waals surface area contributed by atoms with E-state index in [0.717, 1.165) is 18.6 Å². The maximum atomic E-state index is 12.1. The third-order valence-electron chi connectivity index (χ3n) is 3.09. The summed E-state index contributed by atoms with van der Waals surface area (Å²) in [6.07, 6.45) is 1.82. The molecule has 4 nitrogen and oxygen atoms in total. The third-order valence-corrected chi connectivity index (χ3v) is 3.09. The quantitative estimate of drug-likeness (QED) is 0.780. The van der Waals surface area contributed by atoms with Crippen LogP contribution in [0.3, 0.4) is 0 Å². The van der Waals surface area contributed by atoms with Gasteiger partial charge in [0, 0.05) is 13.6 Å². The second-order valence-corrected chi connectivity index (χ2v) is 4.64. The summed E-state index contributed by atoms with van der Waals surface area (Å²) < 4.78 is 5.58. The summed E-state index contributed by atoms with van der Waals surface area (Å²) in [6, 6.07) is 9.61. The van der Waals surface area contributed by atoms with Crippen LogP contribution in [-0.4, -0.2) is 37.6 Å². The molecule has 0 aliphatic heterocycles. The first-order valence-corrected chi connectivity index (χ1v) is 6.82. The molecule has 0 saturated carbocycles. The Bertz CT molecular complexity index is 368. The molecule has 2 N–H and O–H groups in total. The SMILES string of the molecule is CCCC(CN)C(=O)N(C)CCOc1ccccc1. The molecule has 106 valence electrons. The molecule has 0 saturated heterocycles. The van der Waals surface area contributed by atoms with E-state index in [1.807, 2.05) is 30.3 Å². The van der Waals surface area contributed by atoms with Crippen molar-refractivity contribution in [3.63, 3.8) is 0 Å². The van der Waals surface area contributed by atoms with Crippen molar-refractivity contribution in [3.8, 4) is 5.75 Å². The second kappa shape index (κ2) is 8.53. The third kappa shape index (κ3) is 5.30. The van der Waals surface area contributed by atoms with Gasteiger partial charge in [0.15, 0.2) is 0 Å². The zero-order valence-corrected chi connectivity index (χ0v) is 11.8. The summed E-state index contributed by atoms with van der Waals surface area (Å²) >= 11 is 0. The van der Waals surface area contributed by atoms with Crippen molar-refractivity contribution in [1.82, 2.24) is 4.90 Å². The van der Waals surface area contributed by atoms with Gasteiger partial charge in [0.25, 0.3) is 0 Å². The topological polar surface area (TPSA) is 55.6 Å². The molecule has 1 rings (SSSR count). The van der Waals surface area contributed by atoms with Crippen molar-refractivity contribution in [2.75, 3.05) is 26.7 Å². The monoisotopic (exact) mass is 264 g/mol. The molecule has 1 aromatic carbocycles. The number of rotatable bonds is 8. The molecule has 19 heavy (non-hydrogen) atoms. The van der Waals surface area contributed by atoms with Crippen LogP contribution in [-0.2, 0) is 4.79 Å². The lowest BCUT2D eigenvalue weighted by Gasteiger charge is -2.22. The molecule has 0 spiro atoms. The molecule has 0 heterocycles. The van der Waals surface area contributed by atoms with Gasteiger partial charge >= 0.3 is 0 Å². The summed E-state index contributed by atoms with van der Waals surface area (Å²) in [5, 5.41) is 0. The van der Waals surface area contributed by atoms with E-state index in [1.165, 1.54) is 0 Å². The van der Waals surface area contributed by atoms with E-state index in [4.69, 9.17) is 10.5 Å². The van der Waals surface area contributed by atoms with Crippen molar-refractivity contribution in [2.24, 2.45) is 11.7 Å². The minimum Gasteiger partial charge on any atom is -0.492 e. The van der Waals surface area contributed by atoms with Crippen molar-refractivity contribution < 1.29 is 9.53 Å². The van der Waals surface area contributed by atoms with Crippen LogP contribution in [0.4, 0.5) is 0 Å². The van der Waals surface area contributed by atoms with Crippen LogP contribution in [0.15, 0.2) is 30.3 Å². The predicted octanol–water partition coefficient (Wildman–Crippen LogP) is 1.90. The van der Waals surface area contributed by atoms with Crippen LogP contribution in [0.2, 0.25) is 0 Å². The fraction of sp³-hybridized carbons (Fsp3) is 0.533. The Labute approximate surface area is 115 Å². The number of hydrogen-bond acceptors (Lipinski definition) is 3. The van der Waals surface area contributed by atoms with E-state index >= 15 is 0 Å². The number of likely N-dealkylation sites (N-methyl/N-ethyl adjacent to an activating group) is 1. The van der Waals surface area contributed by atoms with Crippen LogP contribution in [0, 0.1) is 5.92 Å². The van der Waals surface area contributed by atoms with Crippen LogP contribution in [0.1, 0.15) is 19.8 Å². The molecular formula is C15H24N2O2. The highest BCUT2D eigenvalue weighted by Crippen LogP contribution is 2.10. The molecule has 1 aromatic rings. The van der Waals surface area contributed by atoms with E-state index in [0.29, 0.717) is 19.7 Å². The maximum Gasteiger partial charge on any atom is 0.226 e. The standard InChI is InChI=1S/C15H24N2O2/c1-3-7-13(12-16)15(18)17(2)10-11-19-14-8-5-4-6-9-14/h4-6,8-9,13H,3,7,10-12,16H2,1-2H3. The molecule has 0 fully saturated rings. The van der Waals surface area contributed by atoms with Gasteiger partial charge in [0.1, 0.15) is 12.4 Å². The van der Waals surface area contributed by atoms with E-state index in [1.54, 1.807) is 11.9 Å². The summed E-state index contributed by atoms with van der Waals surface area (Å²) in [6.45, 7) is 3.55. The number of benzene rings is 1. The predicted molar refractivity (Wildman–Crippen MR) is 77.0 cm³/mol. The van der Waals surface area contributed by atoms with Crippen molar-refractivity contribution in [2.45, 2.75) is 19.8 Å². The number of carbonyl (C=O) groups is 1. The van der Waals surface area contributed by atoms with E-state index < -0.39 is 0 Å². The number of nitrogens with zero attached hydrogens (tertiary/aromatic N) is 1. The Morgan fingerprint density at radius 1 is 1.37 bits per heavy atom. The summed E-state index contributed by atoms with van der Waals surface area (Å²) in [5.41, 5.74) is 5.64. The number of para-hydroxylation sites is 1. The minimum atomic E-state index is -0.0632. The highest BCUT2D eigenvalue weighted by molar-refractivity contribution is 5.78. The molecule has 1 atom stereocenters. The highest BCUT2D eigenvalue weighted by atomic mass is 16.5. The first-order chi connectivity index (χ1) is 9.19. The first kappa shape index (κ1) is 15.5. The minimum absolute atomic E-state index is 0.0632. The van der Waals surface area contributed by atoms with Crippen LogP contribution in [0.25, 0.3) is 0 Å². The summed E-state index contributed by atoms with van der Waals surface area (Å²) in [4.78, 5) is 13.8. The number of ether oxygens (including phenoxy) is 1. The smallest absolute Gasteiger partial charge is 0.226 e. The lowest BCUT2D eigenvalue weighted by atomic mass is 10.0. The van der Waals surface area contributed by atoms with Crippen molar-refractivity contribution >= 4 is 5.91 Å². The number of amides is 1. The van der Waals surface area contributed by atoms with Crippen LogP contribution in [0.5, 0.6) is 5.75 Å². The van der Waals surface area contributed by atoms with Gasteiger partial charge in [-0.15, -0.1) is 0 Å². The van der Waals surface area contributed by atoms with E-state index in [9.17, 15) is 4.79 Å². The molecule has 0 bridgehead atoms. The Kier molecular flexibility index (Phi) is 6.97. The van der Waals surface area contributed by atoms with Gasteiger partial charge in [0.05, 0.1) is 12.5 Å². The first-order valence-electron chi connectivity index (χ1n) is 6.82. The van der Waals surface area contributed by atoms with Gasteiger partial charge in [-0.25, -0.2) is 0 Å². The molecule has 1 amide bonds. The maximum absolute atomic E-state index is 12.1. The Balaban J connectivity index is 2.34. The lowest BCUT2D eigenvalue weighted by Crippen LogP contribution is -2.38. The van der Waals surface area contributed by atoms with Crippen LogP contribution < -0.4 is 10.5 Å². The normalized spacial score (nSPS) is 11.9. The number of carbonyl (C=O) groups excluding carboxylic acids is 1. The van der Waals surface area contributed by atoms with Gasteiger partial charge in [0.2, 0.25) is 5.91 Å². The van der Waals surface area contributed by atoms with Gasteiger partial charge in [-0.2, -0.15) is 0 Å². The van der Waals surface area contributed by atoms with Crippen molar-refractivity contribution in [1.29, 1.82) is 0 Å². The Hall–Kier alpha value is -1.55. The van der Waals surface area contributed by atoms with E-state index in [2.05, 4.69) is 6.92 Å². The average Bonchev–Trinajstić information content (AvgIpc) is 2.45. The Morgan fingerprint density at radius 2 is 2.05 bits per heavy atom. The largest absolute Gasteiger partial charge is 0.492 e. The molecule has 0 radical (unpaired) electrons. The molecule has 0 aromatic heterocycles. The average molecular weight is 264 g/mol. The molecule has 4 heteroatoms. The fourth-order valence-electron chi connectivity index (χ4n) is 1.93. The second-order valence-electron chi connectivity index (χ2n) is 4.64. The zero-order valence-electron chi connectivity index (χ0n) is 11.8. The Morgan fingerprint density at radius 3 is 2.63 bits per heavy atom. The van der Waals surface area contributed by atoms with Gasteiger partial charge in [-0.1, -0.05) is 31.5 Å². The zero-order chi connectivity index (χ0) is 14.1. The number of nitrogens with two attached hydrogens (primary N) is 1. The lowest BCUT2D eigenvalue weighted by molar-refractivity contribution is -0.134. The van der Waals surface area contributed by atoms with Crippen LogP contribution >= 0.6 is 0 Å². The summed E-state index contributed by atoms with van der Waals surface area (Å²) in [5.74, 6) is 0.875. The van der Waals surface area contributed by atoms with Gasteiger partial charge in [-0.05, 0) is 18.6 Å². The van der Waals surface area contributed by atoms with E-state index in [-0.39, 0.29) is 11.8 Å². The summed E-state index contributed by atoms with van der Waals surface area (Å²) in [7, 11) is 1.80. The molecule has 0 aliphatic carbocycles. The highest BCUT2D eigenvalue weighted by Gasteiger charge is 2.19. The van der Waals surface area contributed by atoms with Gasteiger partial charge in [-0.3, -0.25) is 4.79 Å². The number of hydrogen-bond donors (Lipinski definition) is 1. The molecule has 1 unspecified atom stereocenters. The van der Waals surface area contributed by atoms with Crippen molar-refractivity contribution in [3.05, 3.63) is 30.3 Å². The molecular weight excluding hydrogens is 240 g/mol. The fourth-order valence-corrected chi connectivity index (χ4v) is 1.93.